The van der Waals surface area contributed by atoms with E-state index < -0.39 is 0 Å². The van der Waals surface area contributed by atoms with E-state index in [1.165, 1.54) is 0 Å². The summed E-state index contributed by atoms with van der Waals surface area (Å²) in [5, 5.41) is 5.51. The Morgan fingerprint density at radius 2 is 2.09 bits per heavy atom. The molecule has 6 heteroatoms. The van der Waals surface area contributed by atoms with Crippen molar-refractivity contribution in [1.82, 2.24) is 15.1 Å². The normalized spacial score (nSPS) is 12.9. The van der Waals surface area contributed by atoms with Crippen molar-refractivity contribution in [2.45, 2.75) is 32.7 Å². The molecule has 3 aromatic rings. The summed E-state index contributed by atoms with van der Waals surface area (Å²) >= 11 is 0. The molecular formula is C17H20N4O2. The third kappa shape index (κ3) is 3.48. The SMILES string of the molecule is CC(C)CC(N)c1noc(Cc2cc3ccccc3c(=O)[nH]2)n1. The summed E-state index contributed by atoms with van der Waals surface area (Å²) in [6.45, 7) is 4.20. The van der Waals surface area contributed by atoms with Crippen LogP contribution in [0.15, 0.2) is 39.6 Å². The molecule has 0 aliphatic carbocycles. The Morgan fingerprint density at radius 3 is 2.87 bits per heavy atom. The first-order valence-electron chi connectivity index (χ1n) is 7.72. The molecule has 1 unspecified atom stereocenters. The Bertz CT molecular complexity index is 866. The number of rotatable bonds is 5. The Labute approximate surface area is 133 Å². The average molecular weight is 312 g/mol. The van der Waals surface area contributed by atoms with Crippen molar-refractivity contribution in [2.24, 2.45) is 11.7 Å². The van der Waals surface area contributed by atoms with Crippen molar-refractivity contribution < 1.29 is 4.52 Å². The Hall–Kier alpha value is -2.47. The van der Waals surface area contributed by atoms with Gasteiger partial charge in [-0.3, -0.25) is 4.79 Å². The summed E-state index contributed by atoms with van der Waals surface area (Å²) in [5.74, 6) is 1.42. The third-order valence-corrected chi connectivity index (χ3v) is 3.69. The smallest absolute Gasteiger partial charge is 0.256 e. The van der Waals surface area contributed by atoms with Gasteiger partial charge in [-0.2, -0.15) is 4.98 Å². The van der Waals surface area contributed by atoms with Crippen molar-refractivity contribution >= 4 is 10.8 Å². The molecule has 0 spiro atoms. The van der Waals surface area contributed by atoms with Gasteiger partial charge in [-0.15, -0.1) is 0 Å². The number of H-pyrrole nitrogens is 1. The molecule has 1 aromatic carbocycles. The van der Waals surface area contributed by atoms with E-state index in [0.29, 0.717) is 29.4 Å². The lowest BCUT2D eigenvalue weighted by atomic mass is 10.0. The van der Waals surface area contributed by atoms with Crippen LogP contribution < -0.4 is 11.3 Å². The molecule has 0 amide bonds. The van der Waals surface area contributed by atoms with Gasteiger partial charge in [0.25, 0.3) is 5.56 Å². The molecule has 0 radical (unpaired) electrons. The first-order chi connectivity index (χ1) is 11.0. The lowest BCUT2D eigenvalue weighted by Crippen LogP contribution is -2.14. The number of nitrogens with zero attached hydrogens (tertiary/aromatic N) is 2. The van der Waals surface area contributed by atoms with Crippen molar-refractivity contribution in [3.8, 4) is 0 Å². The van der Waals surface area contributed by atoms with Crippen molar-refractivity contribution in [3.63, 3.8) is 0 Å². The molecular weight excluding hydrogens is 292 g/mol. The second-order valence-electron chi connectivity index (χ2n) is 6.17. The van der Waals surface area contributed by atoms with Gasteiger partial charge in [-0.25, -0.2) is 0 Å². The van der Waals surface area contributed by atoms with Crippen LogP contribution in [0.5, 0.6) is 0 Å². The van der Waals surface area contributed by atoms with Gasteiger partial charge in [0.1, 0.15) is 0 Å². The molecule has 2 aromatic heterocycles. The number of hydrogen-bond acceptors (Lipinski definition) is 5. The fraction of sp³-hybridized carbons (Fsp3) is 0.353. The van der Waals surface area contributed by atoms with E-state index in [1.54, 1.807) is 6.07 Å². The number of nitrogens with one attached hydrogen (secondary N) is 1. The molecule has 2 heterocycles. The second-order valence-corrected chi connectivity index (χ2v) is 6.17. The van der Waals surface area contributed by atoms with Crippen molar-refractivity contribution in [2.75, 3.05) is 0 Å². The maximum atomic E-state index is 12.1. The van der Waals surface area contributed by atoms with Gasteiger partial charge < -0.3 is 15.2 Å². The topological polar surface area (TPSA) is 97.8 Å². The van der Waals surface area contributed by atoms with E-state index in [1.807, 2.05) is 24.3 Å². The maximum Gasteiger partial charge on any atom is 0.256 e. The van der Waals surface area contributed by atoms with Gasteiger partial charge in [0.15, 0.2) is 5.82 Å². The third-order valence-electron chi connectivity index (χ3n) is 3.69. The zero-order valence-corrected chi connectivity index (χ0v) is 13.2. The average Bonchev–Trinajstić information content (AvgIpc) is 2.95. The molecule has 0 fully saturated rings. The van der Waals surface area contributed by atoms with Gasteiger partial charge in [-0.1, -0.05) is 37.2 Å². The molecule has 0 bridgehead atoms. The minimum atomic E-state index is -0.233. The van der Waals surface area contributed by atoms with E-state index in [9.17, 15) is 4.79 Å². The van der Waals surface area contributed by atoms with Gasteiger partial charge in [0.05, 0.1) is 12.5 Å². The van der Waals surface area contributed by atoms with Gasteiger partial charge in [0.2, 0.25) is 5.89 Å². The van der Waals surface area contributed by atoms with Gasteiger partial charge in [-0.05, 0) is 29.9 Å². The van der Waals surface area contributed by atoms with E-state index in [-0.39, 0.29) is 11.6 Å². The number of fused-ring (bicyclic) bond motifs is 1. The maximum absolute atomic E-state index is 12.1. The first-order valence-corrected chi connectivity index (χ1v) is 7.72. The number of nitrogens with two attached hydrogens (primary N) is 1. The number of hydrogen-bond donors (Lipinski definition) is 2. The molecule has 0 saturated heterocycles. The molecule has 3 N–H and O–H groups in total. The highest BCUT2D eigenvalue weighted by molar-refractivity contribution is 5.81. The number of aromatic amines is 1. The highest BCUT2D eigenvalue weighted by atomic mass is 16.5. The summed E-state index contributed by atoms with van der Waals surface area (Å²) in [7, 11) is 0. The van der Waals surface area contributed by atoms with E-state index >= 15 is 0 Å². The Morgan fingerprint density at radius 1 is 1.30 bits per heavy atom. The van der Waals surface area contributed by atoms with Gasteiger partial charge >= 0.3 is 0 Å². The van der Waals surface area contributed by atoms with Crippen LogP contribution in [0.3, 0.4) is 0 Å². The van der Waals surface area contributed by atoms with Crippen LogP contribution in [0.4, 0.5) is 0 Å². The Kier molecular flexibility index (Phi) is 4.25. The van der Waals surface area contributed by atoms with E-state index in [4.69, 9.17) is 10.3 Å². The molecule has 120 valence electrons. The van der Waals surface area contributed by atoms with Crippen LogP contribution in [0.1, 0.15) is 43.7 Å². The zero-order chi connectivity index (χ0) is 16.4. The fourth-order valence-electron chi connectivity index (χ4n) is 2.63. The van der Waals surface area contributed by atoms with E-state index in [2.05, 4.69) is 29.0 Å². The lowest BCUT2D eigenvalue weighted by molar-refractivity contribution is 0.370. The molecule has 0 aliphatic rings. The lowest BCUT2D eigenvalue weighted by Gasteiger charge is -2.08. The first kappa shape index (κ1) is 15.4. The molecule has 1 atom stereocenters. The fourth-order valence-corrected chi connectivity index (χ4v) is 2.63. The zero-order valence-electron chi connectivity index (χ0n) is 13.2. The summed E-state index contributed by atoms with van der Waals surface area (Å²) in [4.78, 5) is 19.3. The molecule has 23 heavy (non-hydrogen) atoms. The molecule has 0 aliphatic heterocycles. The van der Waals surface area contributed by atoms with Crippen LogP contribution >= 0.6 is 0 Å². The standard InChI is InChI=1S/C17H20N4O2/c1-10(2)7-14(18)16-20-15(23-21-16)9-12-8-11-5-3-4-6-13(11)17(22)19-12/h3-6,8,10,14H,7,9,18H2,1-2H3,(H,19,22). The van der Waals surface area contributed by atoms with Crippen LogP contribution in [0.25, 0.3) is 10.8 Å². The van der Waals surface area contributed by atoms with Crippen LogP contribution in [0, 0.1) is 5.92 Å². The predicted octanol–water partition coefficient (Wildman–Crippen LogP) is 2.55. The minimum Gasteiger partial charge on any atom is -0.339 e. The van der Waals surface area contributed by atoms with Crippen molar-refractivity contribution in [1.29, 1.82) is 0 Å². The largest absolute Gasteiger partial charge is 0.339 e. The Balaban J connectivity index is 1.82. The van der Waals surface area contributed by atoms with Crippen LogP contribution in [0.2, 0.25) is 0 Å². The summed E-state index contributed by atoms with van der Waals surface area (Å²) < 4.78 is 5.26. The number of aromatic nitrogens is 3. The predicted molar refractivity (Wildman–Crippen MR) is 88.1 cm³/mol. The molecule has 3 rings (SSSR count). The summed E-state index contributed by atoms with van der Waals surface area (Å²) in [6.07, 6.45) is 1.17. The minimum absolute atomic E-state index is 0.116. The molecule has 0 saturated carbocycles. The highest BCUT2D eigenvalue weighted by Gasteiger charge is 2.16. The quantitative estimate of drug-likeness (QED) is 0.754. The second kappa shape index (κ2) is 6.34. The number of benzene rings is 1. The van der Waals surface area contributed by atoms with Crippen molar-refractivity contribution in [3.05, 3.63) is 58.1 Å². The highest BCUT2D eigenvalue weighted by Crippen LogP contribution is 2.17. The summed E-state index contributed by atoms with van der Waals surface area (Å²) in [6, 6.07) is 9.15. The van der Waals surface area contributed by atoms with Crippen LogP contribution in [-0.4, -0.2) is 15.1 Å². The van der Waals surface area contributed by atoms with E-state index in [0.717, 1.165) is 17.5 Å². The number of pyridine rings is 1. The summed E-state index contributed by atoms with van der Waals surface area (Å²) in [5.41, 5.74) is 6.68. The van der Waals surface area contributed by atoms with Gasteiger partial charge in [0, 0.05) is 11.1 Å². The van der Waals surface area contributed by atoms with Crippen LogP contribution in [-0.2, 0) is 6.42 Å². The monoisotopic (exact) mass is 312 g/mol. The molecule has 6 nitrogen and oxygen atoms in total.